The van der Waals surface area contributed by atoms with Gasteiger partial charge in [0.25, 0.3) is 0 Å². The molecule has 1 atom stereocenters. The van der Waals surface area contributed by atoms with Crippen LogP contribution in [0.15, 0.2) is 36.5 Å². The van der Waals surface area contributed by atoms with Gasteiger partial charge >= 0.3 is 11.9 Å². The van der Waals surface area contributed by atoms with Crippen molar-refractivity contribution in [2.75, 3.05) is 13.2 Å². The van der Waals surface area contributed by atoms with Crippen LogP contribution in [0.5, 0.6) is 0 Å². The van der Waals surface area contributed by atoms with Crippen molar-refractivity contribution in [1.82, 2.24) is 0 Å². The topological polar surface area (TPSA) is 72.8 Å². The molecule has 1 N–H and O–H groups in total. The molecule has 0 saturated carbocycles. The number of allylic oxidation sites excluding steroid dienone is 6. The van der Waals surface area contributed by atoms with Gasteiger partial charge in [-0.1, -0.05) is 166 Å². The van der Waals surface area contributed by atoms with E-state index in [9.17, 15) is 14.7 Å². The molecule has 0 aromatic rings. The second kappa shape index (κ2) is 40.5. The van der Waals surface area contributed by atoms with Crippen LogP contribution in [0.25, 0.3) is 0 Å². The van der Waals surface area contributed by atoms with Crippen LogP contribution in [0.1, 0.15) is 213 Å². The highest BCUT2D eigenvalue weighted by molar-refractivity contribution is 5.69. The molecule has 0 aromatic heterocycles. The number of esters is 2. The Hall–Kier alpha value is -1.88. The third kappa shape index (κ3) is 40.4. The van der Waals surface area contributed by atoms with Gasteiger partial charge in [-0.15, -0.1) is 0 Å². The summed E-state index contributed by atoms with van der Waals surface area (Å²) in [5.41, 5.74) is 0. The van der Waals surface area contributed by atoms with Crippen LogP contribution in [0.2, 0.25) is 0 Å². The van der Waals surface area contributed by atoms with Gasteiger partial charge in [0.1, 0.15) is 19.3 Å². The van der Waals surface area contributed by atoms with E-state index in [1.54, 1.807) is 0 Å². The van der Waals surface area contributed by atoms with Crippen LogP contribution < -0.4 is 0 Å². The summed E-state index contributed by atoms with van der Waals surface area (Å²) in [7, 11) is 0. The van der Waals surface area contributed by atoms with E-state index in [-0.39, 0.29) is 25.2 Å². The minimum Gasteiger partial charge on any atom is -0.463 e. The minimum atomic E-state index is -0.969. The van der Waals surface area contributed by atoms with Crippen molar-refractivity contribution in [3.05, 3.63) is 36.5 Å². The zero-order valence-corrected chi connectivity index (χ0v) is 32.5. The largest absolute Gasteiger partial charge is 0.463 e. The highest BCUT2D eigenvalue weighted by Crippen LogP contribution is 2.13. The van der Waals surface area contributed by atoms with E-state index in [0.29, 0.717) is 12.8 Å². The Bertz CT molecular complexity index is 786. The molecule has 0 spiro atoms. The number of hydrogen-bond donors (Lipinski definition) is 1. The fraction of sp³-hybridized carbons (Fsp3) is 0.818. The number of rotatable bonds is 38. The lowest BCUT2D eigenvalue weighted by atomic mass is 10.1. The maximum absolute atomic E-state index is 12.0. The zero-order chi connectivity index (χ0) is 35.7. The first-order chi connectivity index (χ1) is 24.1. The van der Waals surface area contributed by atoms with Gasteiger partial charge in [-0.05, 0) is 70.6 Å². The second-order valence-electron chi connectivity index (χ2n) is 14.1. The van der Waals surface area contributed by atoms with Crippen molar-refractivity contribution in [2.24, 2.45) is 0 Å². The Balaban J connectivity index is 3.44. The summed E-state index contributed by atoms with van der Waals surface area (Å²) in [4.78, 5) is 24.0. The molecule has 5 nitrogen and oxygen atoms in total. The number of hydrogen-bond acceptors (Lipinski definition) is 5. The molecular formula is C44H80O5. The van der Waals surface area contributed by atoms with Gasteiger partial charge in [-0.2, -0.15) is 0 Å². The standard InChI is InChI=1S/C44H80O5/c1-3-5-7-9-11-13-15-17-19-21-22-23-25-27-29-31-33-35-37-39-44(47)49-41-42(45)40-48-43(46)38-36-34-32-30-28-26-24-20-18-16-14-12-10-8-6-4-2/h14,16-17,19-20,24,42,45H,3-13,15,18,21-23,25-41H2,1-2H3/b16-14-,19-17-,24-20-/t42-/m0/s1. The predicted molar refractivity (Wildman–Crippen MR) is 210 cm³/mol. The molecule has 5 heteroatoms. The summed E-state index contributed by atoms with van der Waals surface area (Å²) in [6.45, 7) is 4.28. The van der Waals surface area contributed by atoms with Crippen LogP contribution >= 0.6 is 0 Å². The first kappa shape index (κ1) is 47.1. The summed E-state index contributed by atoms with van der Waals surface area (Å²) in [6.07, 6.45) is 49.1. The lowest BCUT2D eigenvalue weighted by molar-refractivity contribution is -0.152. The lowest BCUT2D eigenvalue weighted by Crippen LogP contribution is -2.25. The molecule has 286 valence electrons. The fourth-order valence-corrected chi connectivity index (χ4v) is 5.88. The summed E-state index contributed by atoms with van der Waals surface area (Å²) in [6, 6.07) is 0. The fourth-order valence-electron chi connectivity index (χ4n) is 5.88. The highest BCUT2D eigenvalue weighted by atomic mass is 16.6. The summed E-state index contributed by atoms with van der Waals surface area (Å²) >= 11 is 0. The molecule has 0 saturated heterocycles. The van der Waals surface area contributed by atoms with Crippen molar-refractivity contribution < 1.29 is 24.2 Å². The maximum Gasteiger partial charge on any atom is 0.305 e. The molecule has 0 rings (SSSR count). The number of aliphatic hydroxyl groups excluding tert-OH is 1. The van der Waals surface area contributed by atoms with Crippen LogP contribution in [-0.2, 0) is 19.1 Å². The molecule has 0 radical (unpaired) electrons. The molecule has 0 aliphatic heterocycles. The molecule has 0 unspecified atom stereocenters. The summed E-state index contributed by atoms with van der Waals surface area (Å²) < 4.78 is 10.3. The molecule has 49 heavy (non-hydrogen) atoms. The van der Waals surface area contributed by atoms with Gasteiger partial charge in [0, 0.05) is 12.8 Å². The zero-order valence-electron chi connectivity index (χ0n) is 32.5. The van der Waals surface area contributed by atoms with E-state index in [1.807, 2.05) is 0 Å². The van der Waals surface area contributed by atoms with E-state index in [4.69, 9.17) is 9.47 Å². The average Bonchev–Trinajstić information content (AvgIpc) is 3.10. The van der Waals surface area contributed by atoms with Gasteiger partial charge < -0.3 is 14.6 Å². The normalized spacial score (nSPS) is 12.5. The van der Waals surface area contributed by atoms with Crippen molar-refractivity contribution in [3.63, 3.8) is 0 Å². The molecule has 0 amide bonds. The molecule has 0 bridgehead atoms. The number of carbonyl (C=O) groups is 2. The number of ether oxygens (including phenoxy) is 2. The van der Waals surface area contributed by atoms with Gasteiger partial charge in [0.05, 0.1) is 0 Å². The molecule has 0 aliphatic carbocycles. The van der Waals surface area contributed by atoms with E-state index in [1.165, 1.54) is 135 Å². The maximum atomic E-state index is 12.0. The van der Waals surface area contributed by atoms with E-state index in [2.05, 4.69) is 50.3 Å². The monoisotopic (exact) mass is 689 g/mol. The van der Waals surface area contributed by atoms with Crippen molar-refractivity contribution >= 4 is 11.9 Å². The van der Waals surface area contributed by atoms with E-state index < -0.39 is 6.10 Å². The molecule has 0 aliphatic rings. The van der Waals surface area contributed by atoms with E-state index >= 15 is 0 Å². The van der Waals surface area contributed by atoms with E-state index in [0.717, 1.165) is 51.4 Å². The molecule has 0 fully saturated rings. The number of unbranched alkanes of at least 4 members (excludes halogenated alkanes) is 24. The number of aliphatic hydroxyl groups is 1. The van der Waals surface area contributed by atoms with Gasteiger partial charge in [-0.25, -0.2) is 0 Å². The summed E-state index contributed by atoms with van der Waals surface area (Å²) in [5.74, 6) is -0.579. The highest BCUT2D eigenvalue weighted by Gasteiger charge is 2.12. The Labute approximate surface area is 304 Å². The minimum absolute atomic E-state index is 0.120. The smallest absolute Gasteiger partial charge is 0.305 e. The lowest BCUT2D eigenvalue weighted by Gasteiger charge is -2.12. The van der Waals surface area contributed by atoms with Crippen LogP contribution in [0, 0.1) is 0 Å². The van der Waals surface area contributed by atoms with Gasteiger partial charge in [-0.3, -0.25) is 9.59 Å². The Morgan fingerprint density at radius 2 is 0.714 bits per heavy atom. The van der Waals surface area contributed by atoms with Crippen molar-refractivity contribution in [1.29, 1.82) is 0 Å². The Morgan fingerprint density at radius 3 is 1.08 bits per heavy atom. The molecule has 0 aromatic carbocycles. The second-order valence-corrected chi connectivity index (χ2v) is 14.1. The quantitative estimate of drug-likeness (QED) is 0.0397. The third-order valence-corrected chi connectivity index (χ3v) is 9.10. The number of carbonyl (C=O) groups excluding carboxylic acids is 2. The third-order valence-electron chi connectivity index (χ3n) is 9.10. The van der Waals surface area contributed by atoms with Crippen LogP contribution in [0.4, 0.5) is 0 Å². The first-order valence-electron chi connectivity index (χ1n) is 21.0. The van der Waals surface area contributed by atoms with Crippen LogP contribution in [0.3, 0.4) is 0 Å². The predicted octanol–water partition coefficient (Wildman–Crippen LogP) is 13.2. The Morgan fingerprint density at radius 1 is 0.429 bits per heavy atom. The molecule has 0 heterocycles. The van der Waals surface area contributed by atoms with Gasteiger partial charge in [0.2, 0.25) is 0 Å². The van der Waals surface area contributed by atoms with Crippen molar-refractivity contribution in [2.45, 2.75) is 219 Å². The SMILES string of the molecule is CCCCCC/C=C\C/C=C\CCCCCCCC(=O)OC[C@H](O)COC(=O)CCCCCCCCCCC/C=C\CCCCCCCC. The van der Waals surface area contributed by atoms with Crippen molar-refractivity contribution in [3.8, 4) is 0 Å². The molecular weight excluding hydrogens is 608 g/mol. The van der Waals surface area contributed by atoms with Crippen LogP contribution in [-0.4, -0.2) is 36.4 Å². The van der Waals surface area contributed by atoms with Gasteiger partial charge in [0.15, 0.2) is 0 Å². The average molecular weight is 689 g/mol. The summed E-state index contributed by atoms with van der Waals surface area (Å²) in [5, 5.41) is 10.0. The first-order valence-corrected chi connectivity index (χ1v) is 21.0. The Kier molecular flexibility index (Phi) is 39.0.